The number of ether oxygens (including phenoxy) is 4. The highest BCUT2D eigenvalue weighted by atomic mass is 35.5. The molecule has 2 unspecified atom stereocenters. The topological polar surface area (TPSA) is 97.6 Å². The highest BCUT2D eigenvalue weighted by molar-refractivity contribution is 6.31. The minimum atomic E-state index is -1.98. The van der Waals surface area contributed by atoms with Crippen molar-refractivity contribution in [3.8, 4) is 11.5 Å². The molecule has 0 spiro atoms. The summed E-state index contributed by atoms with van der Waals surface area (Å²) in [7, 11) is 1.43. The molecular formula is C24H28ClFO7. The van der Waals surface area contributed by atoms with Gasteiger partial charge in [0.15, 0.2) is 6.17 Å². The molecule has 2 aromatic rings. The van der Waals surface area contributed by atoms with E-state index in [2.05, 4.69) is 0 Å². The van der Waals surface area contributed by atoms with Crippen molar-refractivity contribution in [1.29, 1.82) is 0 Å². The number of benzene rings is 2. The lowest BCUT2D eigenvalue weighted by molar-refractivity contribution is -0.214. The average Bonchev–Trinajstić information content (AvgIpc) is 3.33. The largest absolute Gasteiger partial charge is 0.496 e. The van der Waals surface area contributed by atoms with Crippen LogP contribution in [0.15, 0.2) is 36.4 Å². The minimum absolute atomic E-state index is 0.0666. The zero-order chi connectivity index (χ0) is 23.5. The average molecular weight is 483 g/mol. The van der Waals surface area contributed by atoms with Crippen LogP contribution in [0.2, 0.25) is 5.02 Å². The van der Waals surface area contributed by atoms with Gasteiger partial charge in [0.25, 0.3) is 0 Å². The fraction of sp³-hybridized carbons (Fsp3) is 0.500. The zero-order valence-electron chi connectivity index (χ0n) is 18.2. The van der Waals surface area contributed by atoms with Gasteiger partial charge in [-0.25, -0.2) is 4.39 Å². The molecule has 7 nitrogen and oxygen atoms in total. The molecule has 2 aliphatic rings. The summed E-state index contributed by atoms with van der Waals surface area (Å²) < 4.78 is 36.8. The molecular weight excluding hydrogens is 455 g/mol. The van der Waals surface area contributed by atoms with Crippen LogP contribution in [0.3, 0.4) is 0 Å². The number of methoxy groups -OCH3 is 1. The maximum absolute atomic E-state index is 14.5. The van der Waals surface area contributed by atoms with Gasteiger partial charge < -0.3 is 34.3 Å². The molecule has 0 radical (unpaired) electrons. The Bertz CT molecular complexity index is 933. The van der Waals surface area contributed by atoms with Crippen LogP contribution in [-0.4, -0.2) is 72.8 Å². The molecule has 9 heteroatoms. The first-order valence-corrected chi connectivity index (χ1v) is 11.2. The Hall–Kier alpha value is -1.94. The molecule has 2 aliphatic heterocycles. The summed E-state index contributed by atoms with van der Waals surface area (Å²) >= 11 is 6.48. The van der Waals surface area contributed by atoms with E-state index in [4.69, 9.17) is 30.5 Å². The molecule has 3 N–H and O–H groups in total. The smallest absolute Gasteiger partial charge is 0.157 e. The predicted octanol–water partition coefficient (Wildman–Crippen LogP) is 2.60. The molecule has 0 amide bonds. The summed E-state index contributed by atoms with van der Waals surface area (Å²) in [4.78, 5) is 0. The van der Waals surface area contributed by atoms with Gasteiger partial charge in [-0.1, -0.05) is 23.7 Å². The van der Waals surface area contributed by atoms with E-state index in [0.29, 0.717) is 36.0 Å². The number of alkyl halides is 1. The number of hydrogen-bond donors (Lipinski definition) is 3. The Labute approximate surface area is 196 Å². The van der Waals surface area contributed by atoms with Gasteiger partial charge in [0.05, 0.1) is 26.9 Å². The van der Waals surface area contributed by atoms with Gasteiger partial charge in [-0.05, 0) is 41.8 Å². The molecule has 4 rings (SSSR count). The van der Waals surface area contributed by atoms with E-state index in [-0.39, 0.29) is 6.10 Å². The number of aliphatic hydroxyl groups excluding tert-OH is 3. The molecule has 2 heterocycles. The quantitative estimate of drug-likeness (QED) is 0.558. The van der Waals surface area contributed by atoms with Gasteiger partial charge in [-0.3, -0.25) is 0 Å². The van der Waals surface area contributed by atoms with Crippen LogP contribution in [0.4, 0.5) is 4.39 Å². The van der Waals surface area contributed by atoms with E-state index in [1.165, 1.54) is 7.11 Å². The highest BCUT2D eigenvalue weighted by Gasteiger charge is 2.46. The van der Waals surface area contributed by atoms with Crippen LogP contribution in [0.25, 0.3) is 0 Å². The Balaban J connectivity index is 1.56. The van der Waals surface area contributed by atoms with E-state index in [1.807, 2.05) is 24.3 Å². The van der Waals surface area contributed by atoms with Gasteiger partial charge in [-0.15, -0.1) is 0 Å². The molecule has 33 heavy (non-hydrogen) atoms. The van der Waals surface area contributed by atoms with Gasteiger partial charge in [0, 0.05) is 17.0 Å². The first kappa shape index (κ1) is 24.2. The summed E-state index contributed by atoms with van der Waals surface area (Å²) in [6.45, 7) is 0.714. The minimum Gasteiger partial charge on any atom is -0.496 e. The second kappa shape index (κ2) is 10.5. The molecule has 0 saturated carbocycles. The summed E-state index contributed by atoms with van der Waals surface area (Å²) in [5, 5.41) is 30.3. The molecule has 0 aliphatic carbocycles. The molecule has 2 fully saturated rings. The van der Waals surface area contributed by atoms with E-state index in [1.54, 1.807) is 12.1 Å². The number of hydrogen-bond acceptors (Lipinski definition) is 7. The third-order valence-electron chi connectivity index (χ3n) is 6.06. The van der Waals surface area contributed by atoms with Crippen molar-refractivity contribution in [2.45, 2.75) is 49.5 Å². The van der Waals surface area contributed by atoms with Crippen molar-refractivity contribution >= 4 is 11.6 Å². The summed E-state index contributed by atoms with van der Waals surface area (Å²) in [5.41, 5.74) is 2.09. The van der Waals surface area contributed by atoms with Gasteiger partial charge in [-0.2, -0.15) is 0 Å². The summed E-state index contributed by atoms with van der Waals surface area (Å²) in [5.74, 6) is 1.08. The Morgan fingerprint density at radius 2 is 1.91 bits per heavy atom. The van der Waals surface area contributed by atoms with Crippen LogP contribution in [0, 0.1) is 0 Å². The van der Waals surface area contributed by atoms with Crippen LogP contribution in [0.5, 0.6) is 11.5 Å². The van der Waals surface area contributed by atoms with Crippen LogP contribution in [0.1, 0.15) is 29.2 Å². The number of aliphatic hydroxyl groups is 3. The van der Waals surface area contributed by atoms with Gasteiger partial charge in [0.1, 0.15) is 42.0 Å². The lowest BCUT2D eigenvalue weighted by atomic mass is 9.90. The monoisotopic (exact) mass is 482 g/mol. The maximum atomic E-state index is 14.5. The summed E-state index contributed by atoms with van der Waals surface area (Å²) in [6, 6.07) is 10.9. The van der Waals surface area contributed by atoms with Gasteiger partial charge >= 0.3 is 0 Å². The Morgan fingerprint density at radius 3 is 2.55 bits per heavy atom. The molecule has 0 bridgehead atoms. The third kappa shape index (κ3) is 5.26. The number of halogens is 2. The highest BCUT2D eigenvalue weighted by Crippen LogP contribution is 2.40. The Morgan fingerprint density at radius 1 is 1.15 bits per heavy atom. The first-order valence-electron chi connectivity index (χ1n) is 10.9. The van der Waals surface area contributed by atoms with E-state index < -0.39 is 37.2 Å². The van der Waals surface area contributed by atoms with E-state index in [0.717, 1.165) is 23.3 Å². The van der Waals surface area contributed by atoms with E-state index in [9.17, 15) is 19.7 Å². The van der Waals surface area contributed by atoms with Crippen LogP contribution in [-0.2, 0) is 15.9 Å². The first-order chi connectivity index (χ1) is 15.9. The number of rotatable bonds is 7. The fourth-order valence-corrected chi connectivity index (χ4v) is 4.41. The molecule has 2 saturated heterocycles. The van der Waals surface area contributed by atoms with Gasteiger partial charge in [0.2, 0.25) is 0 Å². The van der Waals surface area contributed by atoms with Crippen molar-refractivity contribution in [2.24, 2.45) is 0 Å². The zero-order valence-corrected chi connectivity index (χ0v) is 19.0. The SMILES string of the molecule is COc1cc(Cl)c(Cc2ccc(OC3CCOC3)cc2)cc1[C@@H]1O[C@H](CO)[C@H](O)[C@H](F)C1O. The third-order valence-corrected chi connectivity index (χ3v) is 6.41. The van der Waals surface area contributed by atoms with Crippen molar-refractivity contribution in [3.63, 3.8) is 0 Å². The molecule has 0 aromatic heterocycles. The fourth-order valence-electron chi connectivity index (χ4n) is 4.19. The second-order valence-corrected chi connectivity index (χ2v) is 8.72. The molecule has 6 atom stereocenters. The standard InChI is InChI=1S/C24H28ClFO7/c1-30-19-10-18(25)14(8-13-2-4-15(5-3-13)32-16-6-7-31-12-16)9-17(19)24-23(29)21(26)22(28)20(11-27)33-24/h2-5,9-10,16,20-24,27-29H,6-8,11-12H2,1H3/t16?,20-,21+,22+,23?,24+/m1/s1. The van der Waals surface area contributed by atoms with E-state index >= 15 is 0 Å². The van der Waals surface area contributed by atoms with Crippen molar-refractivity contribution in [2.75, 3.05) is 26.9 Å². The van der Waals surface area contributed by atoms with Crippen LogP contribution >= 0.6 is 11.6 Å². The normalized spacial score (nSPS) is 29.8. The maximum Gasteiger partial charge on any atom is 0.157 e. The lowest BCUT2D eigenvalue weighted by Crippen LogP contribution is -2.53. The molecule has 2 aromatic carbocycles. The summed E-state index contributed by atoms with van der Waals surface area (Å²) in [6.07, 6.45) is -6.16. The van der Waals surface area contributed by atoms with Crippen molar-refractivity contribution in [3.05, 3.63) is 58.1 Å². The predicted molar refractivity (Wildman–Crippen MR) is 119 cm³/mol. The van der Waals surface area contributed by atoms with Crippen LogP contribution < -0.4 is 9.47 Å². The molecule has 180 valence electrons. The van der Waals surface area contributed by atoms with Crippen molar-refractivity contribution < 1.29 is 38.7 Å². The van der Waals surface area contributed by atoms with Crippen molar-refractivity contribution in [1.82, 2.24) is 0 Å². The second-order valence-electron chi connectivity index (χ2n) is 8.31. The Kier molecular flexibility index (Phi) is 7.73. The lowest BCUT2D eigenvalue weighted by Gasteiger charge is -2.39.